The Morgan fingerprint density at radius 2 is 1.59 bits per heavy atom. The normalized spacial score (nSPS) is 11.5. The van der Waals surface area contributed by atoms with Crippen LogP contribution >= 0.6 is 18.5 Å². The lowest BCUT2D eigenvalue weighted by Gasteiger charge is -2.12. The van der Waals surface area contributed by atoms with E-state index in [9.17, 15) is 9.36 Å². The van der Waals surface area contributed by atoms with E-state index >= 15 is 4.39 Å². The van der Waals surface area contributed by atoms with Crippen LogP contribution in [0.3, 0.4) is 0 Å². The smallest absolute Gasteiger partial charge is 0.323 e. The van der Waals surface area contributed by atoms with E-state index in [0.29, 0.717) is 49.8 Å². The number of aromatic nitrogens is 1. The number of ether oxygens (including phenoxy) is 4. The number of hydrogen-bond donors (Lipinski definition) is 3. The fourth-order valence-corrected chi connectivity index (χ4v) is 6.72. The summed E-state index contributed by atoms with van der Waals surface area (Å²) in [5, 5.41) is 9.35. The van der Waals surface area contributed by atoms with Crippen molar-refractivity contribution in [1.82, 2.24) is 10.3 Å². The summed E-state index contributed by atoms with van der Waals surface area (Å²) in [5.41, 5.74) is 3.67. The van der Waals surface area contributed by atoms with E-state index in [0.717, 1.165) is 39.3 Å². The molecule has 0 saturated carbocycles. The van der Waals surface area contributed by atoms with Gasteiger partial charge in [-0.1, -0.05) is 36.4 Å². The molecule has 0 fully saturated rings. The Hall–Kier alpha value is -4.16. The minimum atomic E-state index is -2.49. The van der Waals surface area contributed by atoms with Gasteiger partial charge in [-0.25, -0.2) is 9.18 Å². The van der Waals surface area contributed by atoms with Crippen molar-refractivity contribution in [2.24, 2.45) is 0 Å². The highest BCUT2D eigenvalue weighted by atomic mass is 32.1. The molecule has 2 aromatic heterocycles. The number of rotatable bonds is 17. The van der Waals surface area contributed by atoms with Crippen molar-refractivity contribution in [2.45, 2.75) is 6.54 Å². The molecule has 3 aromatic carbocycles. The number of thiophene rings is 1. The zero-order valence-electron chi connectivity index (χ0n) is 27.7. The number of nitrogens with zero attached hydrogens (tertiary/aromatic N) is 1. The third-order valence-electron chi connectivity index (χ3n) is 7.31. The van der Waals surface area contributed by atoms with Gasteiger partial charge >= 0.3 is 6.03 Å². The largest absolute Gasteiger partial charge is 0.453 e. The zero-order valence-corrected chi connectivity index (χ0v) is 29.4. The molecular formula is C36H40FN4O6PS. The van der Waals surface area contributed by atoms with Crippen LogP contribution in [0.15, 0.2) is 85.1 Å². The number of fused-ring (bicyclic) bond motifs is 1. The number of anilines is 2. The highest BCUT2D eigenvalue weighted by Crippen LogP contribution is 2.40. The average molecular weight is 707 g/mol. The van der Waals surface area contributed by atoms with Gasteiger partial charge in [-0.15, -0.1) is 11.3 Å². The summed E-state index contributed by atoms with van der Waals surface area (Å²) in [6.45, 7) is 7.65. The van der Waals surface area contributed by atoms with Gasteiger partial charge in [0.1, 0.15) is 12.9 Å². The maximum atomic E-state index is 15.2. The first-order chi connectivity index (χ1) is 23.7. The summed E-state index contributed by atoms with van der Waals surface area (Å²) in [7, 11) is -0.840. The Labute approximate surface area is 289 Å². The first kappa shape index (κ1) is 36.1. The highest BCUT2D eigenvalue weighted by molar-refractivity contribution is 7.70. The number of carbonyl (C=O) groups excluding carboxylic acids is 1. The van der Waals surface area contributed by atoms with E-state index in [1.165, 1.54) is 23.5 Å². The lowest BCUT2D eigenvalue weighted by atomic mass is 10.1. The number of benzene rings is 3. The van der Waals surface area contributed by atoms with Crippen LogP contribution in [0.1, 0.15) is 5.56 Å². The summed E-state index contributed by atoms with van der Waals surface area (Å²) in [6, 6.07) is 22.5. The summed E-state index contributed by atoms with van der Waals surface area (Å²) in [4.78, 5) is 18.1. The van der Waals surface area contributed by atoms with Crippen LogP contribution in [-0.2, 0) is 25.3 Å². The Kier molecular flexibility index (Phi) is 12.9. The maximum absolute atomic E-state index is 15.2. The van der Waals surface area contributed by atoms with E-state index in [2.05, 4.69) is 45.2 Å². The van der Waals surface area contributed by atoms with Crippen molar-refractivity contribution in [2.75, 3.05) is 70.7 Å². The molecule has 0 spiro atoms. The molecule has 0 saturated heterocycles. The first-order valence-electron chi connectivity index (χ1n) is 15.7. The van der Waals surface area contributed by atoms with Crippen molar-refractivity contribution in [1.29, 1.82) is 0 Å². The van der Waals surface area contributed by atoms with Crippen LogP contribution in [-0.4, -0.2) is 71.0 Å². The lowest BCUT2D eigenvalue weighted by Crippen LogP contribution is -2.20. The van der Waals surface area contributed by atoms with Gasteiger partial charge in [-0.2, -0.15) is 0 Å². The molecule has 0 radical (unpaired) electrons. The van der Waals surface area contributed by atoms with Crippen molar-refractivity contribution >= 4 is 51.4 Å². The molecule has 0 aliphatic carbocycles. The summed E-state index contributed by atoms with van der Waals surface area (Å²) < 4.78 is 50.2. The number of pyridine rings is 1. The quantitative estimate of drug-likeness (QED) is 0.0670. The monoisotopic (exact) mass is 706 g/mol. The van der Waals surface area contributed by atoms with E-state index in [1.54, 1.807) is 63.0 Å². The predicted octanol–water partition coefficient (Wildman–Crippen LogP) is 7.56. The number of amides is 2. The molecule has 49 heavy (non-hydrogen) atoms. The van der Waals surface area contributed by atoms with Gasteiger partial charge in [0.2, 0.25) is 0 Å². The Bertz CT molecular complexity index is 1900. The van der Waals surface area contributed by atoms with Gasteiger partial charge < -0.3 is 39.5 Å². The van der Waals surface area contributed by atoms with Crippen LogP contribution in [0.2, 0.25) is 0 Å². The van der Waals surface area contributed by atoms with Crippen molar-refractivity contribution in [3.8, 4) is 21.9 Å². The van der Waals surface area contributed by atoms with Gasteiger partial charge in [-0.3, -0.25) is 4.98 Å². The number of carbonyl (C=O) groups is 1. The molecule has 0 atom stereocenters. The predicted molar refractivity (Wildman–Crippen MR) is 195 cm³/mol. The maximum Gasteiger partial charge on any atom is 0.323 e. The number of urea groups is 1. The lowest BCUT2D eigenvalue weighted by molar-refractivity contribution is 0.0255. The van der Waals surface area contributed by atoms with Crippen LogP contribution in [0.4, 0.5) is 20.6 Å². The zero-order chi connectivity index (χ0) is 34.6. The SMILES string of the molecule is COCCOCCOCCNCc1ccc(-c2cc3nccc(Oc4ccc(NC(=O)Nc5cccc(P(C)(C)=O)c5)cc4F)c3s2)cc1. The number of nitrogens with one attached hydrogen (secondary N) is 3. The molecule has 3 N–H and O–H groups in total. The van der Waals surface area contributed by atoms with Gasteiger partial charge in [-0.05, 0) is 54.8 Å². The Morgan fingerprint density at radius 1 is 0.857 bits per heavy atom. The molecule has 0 unspecified atom stereocenters. The molecule has 0 aliphatic heterocycles. The van der Waals surface area contributed by atoms with Gasteiger partial charge in [0.05, 0.1) is 43.3 Å². The fourth-order valence-electron chi connectivity index (χ4n) is 4.76. The minimum absolute atomic E-state index is 0.0143. The number of methoxy groups -OCH3 is 1. The summed E-state index contributed by atoms with van der Waals surface area (Å²) >= 11 is 1.52. The Balaban J connectivity index is 1.14. The van der Waals surface area contributed by atoms with Crippen LogP contribution in [0.5, 0.6) is 11.5 Å². The topological polar surface area (TPSA) is 120 Å². The molecule has 5 aromatic rings. The first-order valence-corrected chi connectivity index (χ1v) is 19.2. The molecule has 0 bridgehead atoms. The molecule has 2 amide bonds. The van der Waals surface area contributed by atoms with E-state index < -0.39 is 19.0 Å². The van der Waals surface area contributed by atoms with E-state index in [1.807, 2.05) is 6.07 Å². The molecular weight excluding hydrogens is 666 g/mol. The second-order valence-corrected chi connectivity index (χ2v) is 15.7. The van der Waals surface area contributed by atoms with Crippen LogP contribution < -0.4 is 26.0 Å². The van der Waals surface area contributed by atoms with Gasteiger partial charge in [0.25, 0.3) is 0 Å². The van der Waals surface area contributed by atoms with Gasteiger partial charge in [0.15, 0.2) is 11.6 Å². The van der Waals surface area contributed by atoms with Gasteiger partial charge in [0, 0.05) is 60.1 Å². The Morgan fingerprint density at radius 3 is 2.33 bits per heavy atom. The molecule has 258 valence electrons. The van der Waals surface area contributed by atoms with Crippen molar-refractivity contribution in [3.63, 3.8) is 0 Å². The molecule has 0 aliphatic rings. The minimum Gasteiger partial charge on any atom is -0.453 e. The van der Waals surface area contributed by atoms with Crippen molar-refractivity contribution in [3.05, 3.63) is 96.4 Å². The summed E-state index contributed by atoms with van der Waals surface area (Å²) in [6.07, 6.45) is 1.63. The second-order valence-electron chi connectivity index (χ2n) is 11.5. The molecule has 10 nitrogen and oxygen atoms in total. The third-order valence-corrected chi connectivity index (χ3v) is 10.0. The molecule has 13 heteroatoms. The summed E-state index contributed by atoms with van der Waals surface area (Å²) in [5.74, 6) is -0.144. The van der Waals surface area contributed by atoms with Crippen LogP contribution in [0.25, 0.3) is 20.7 Å². The second kappa shape index (κ2) is 17.5. The van der Waals surface area contributed by atoms with E-state index in [-0.39, 0.29) is 11.4 Å². The number of halogens is 1. The molecule has 5 rings (SSSR count). The standard InChI is InChI=1S/C36H40FN4O6PS/c1-44-17-18-46-20-19-45-16-15-38-24-25-7-9-26(10-8-25)34-23-31-35(49-34)33(13-14-39-31)47-32-12-11-28(22-30(32)37)41-36(42)40-27-5-4-6-29(21-27)48(2,3)43/h4-14,21-23,38H,15-20,24H2,1-3H3,(H2,40,41,42). The molecule has 2 heterocycles. The fraction of sp³-hybridized carbons (Fsp3) is 0.278. The highest BCUT2D eigenvalue weighted by Gasteiger charge is 2.15. The van der Waals surface area contributed by atoms with Crippen molar-refractivity contribution < 1.29 is 32.7 Å². The average Bonchev–Trinajstić information content (AvgIpc) is 3.52. The van der Waals surface area contributed by atoms with Crippen LogP contribution in [0, 0.1) is 5.82 Å². The number of hydrogen-bond acceptors (Lipinski definition) is 9. The third kappa shape index (κ3) is 10.7. The van der Waals surface area contributed by atoms with E-state index in [4.69, 9.17) is 18.9 Å².